The first kappa shape index (κ1) is 21.8. The van der Waals surface area contributed by atoms with E-state index < -0.39 is 5.41 Å². The molecular weight excluding hydrogens is 416 g/mol. The lowest BCUT2D eigenvalue weighted by Gasteiger charge is -2.17. The number of amides is 1. The van der Waals surface area contributed by atoms with Gasteiger partial charge in [-0.1, -0.05) is 24.3 Å². The highest BCUT2D eigenvalue weighted by Gasteiger charge is 2.21. The Labute approximate surface area is 190 Å². The van der Waals surface area contributed by atoms with E-state index in [9.17, 15) is 20.0 Å². The van der Waals surface area contributed by atoms with E-state index in [0.717, 1.165) is 11.1 Å². The molecule has 33 heavy (non-hydrogen) atoms. The summed E-state index contributed by atoms with van der Waals surface area (Å²) < 4.78 is 1.39. The normalized spacial score (nSPS) is 11.2. The van der Waals surface area contributed by atoms with Crippen LogP contribution in [0.5, 0.6) is 5.75 Å². The molecule has 2 N–H and O–H groups in total. The van der Waals surface area contributed by atoms with Crippen LogP contribution in [0.1, 0.15) is 35.3 Å². The minimum atomic E-state index is -0.716. The summed E-state index contributed by atoms with van der Waals surface area (Å²) in [5.74, 6) is -0.384. The number of anilines is 1. The van der Waals surface area contributed by atoms with Gasteiger partial charge >= 0.3 is 0 Å². The maximum atomic E-state index is 13.0. The van der Waals surface area contributed by atoms with Gasteiger partial charge in [0, 0.05) is 11.3 Å². The molecule has 0 spiro atoms. The predicted octanol–water partition coefficient (Wildman–Crippen LogP) is 4.45. The van der Waals surface area contributed by atoms with E-state index >= 15 is 0 Å². The van der Waals surface area contributed by atoms with Gasteiger partial charge in [0.15, 0.2) is 0 Å². The van der Waals surface area contributed by atoms with Crippen molar-refractivity contribution < 1.29 is 9.90 Å². The van der Waals surface area contributed by atoms with Gasteiger partial charge in [-0.2, -0.15) is 5.26 Å². The predicted molar refractivity (Wildman–Crippen MR) is 127 cm³/mol. The Morgan fingerprint density at radius 1 is 1.12 bits per heavy atom. The molecule has 0 saturated heterocycles. The topological polar surface area (TPSA) is 108 Å². The van der Waals surface area contributed by atoms with Gasteiger partial charge in [-0.25, -0.2) is 4.98 Å². The van der Waals surface area contributed by atoms with Crippen LogP contribution in [-0.4, -0.2) is 20.6 Å². The van der Waals surface area contributed by atoms with Crippen LogP contribution in [0.2, 0.25) is 0 Å². The number of benzene rings is 3. The van der Waals surface area contributed by atoms with Crippen molar-refractivity contribution in [3.63, 3.8) is 0 Å². The molecule has 0 aliphatic carbocycles. The summed E-state index contributed by atoms with van der Waals surface area (Å²) in [5, 5.41) is 22.5. The van der Waals surface area contributed by atoms with Crippen molar-refractivity contribution in [2.75, 3.05) is 5.32 Å². The van der Waals surface area contributed by atoms with E-state index in [4.69, 9.17) is 0 Å². The van der Waals surface area contributed by atoms with Crippen LogP contribution in [0.25, 0.3) is 16.6 Å². The van der Waals surface area contributed by atoms with Crippen LogP contribution in [0.3, 0.4) is 0 Å². The molecule has 0 bridgehead atoms. The SMILES string of the molecule is Cc1ccc(NC(=O)c2cccc(C(C)(C)C#N)c2)cc1-n1cnc2c(O)cccc2c1=O. The Balaban J connectivity index is 1.70. The monoisotopic (exact) mass is 438 g/mol. The van der Waals surface area contributed by atoms with Crippen molar-refractivity contribution in [2.45, 2.75) is 26.2 Å². The number of carbonyl (C=O) groups is 1. The first-order chi connectivity index (χ1) is 15.7. The second-order valence-electron chi connectivity index (χ2n) is 8.37. The van der Waals surface area contributed by atoms with Crippen LogP contribution in [0, 0.1) is 18.3 Å². The summed E-state index contributed by atoms with van der Waals surface area (Å²) in [6, 6.07) is 19.1. The summed E-state index contributed by atoms with van der Waals surface area (Å²) in [7, 11) is 0. The third-order valence-corrected chi connectivity index (χ3v) is 5.62. The lowest BCUT2D eigenvalue weighted by atomic mass is 9.85. The van der Waals surface area contributed by atoms with Gasteiger partial charge < -0.3 is 10.4 Å². The molecule has 7 nitrogen and oxygen atoms in total. The van der Waals surface area contributed by atoms with Gasteiger partial charge in [-0.05, 0) is 68.3 Å². The van der Waals surface area contributed by atoms with Crippen molar-refractivity contribution in [3.8, 4) is 17.5 Å². The van der Waals surface area contributed by atoms with Crippen LogP contribution in [-0.2, 0) is 5.41 Å². The third kappa shape index (κ3) is 4.06. The third-order valence-electron chi connectivity index (χ3n) is 5.62. The van der Waals surface area contributed by atoms with E-state index in [1.807, 2.05) is 13.0 Å². The standard InChI is InChI=1S/C26H22N4O3/c1-16-10-11-19(29-24(32)17-6-4-7-18(12-17)26(2,3)14-27)13-21(16)30-15-28-23-20(25(30)33)8-5-9-22(23)31/h4-13,15,31H,1-3H3,(H,29,32). The smallest absolute Gasteiger partial charge is 0.265 e. The van der Waals surface area contributed by atoms with Crippen molar-refractivity contribution in [3.05, 3.63) is 94.0 Å². The average Bonchev–Trinajstić information content (AvgIpc) is 2.81. The molecule has 0 aliphatic heterocycles. The van der Waals surface area contributed by atoms with Gasteiger partial charge in [0.05, 0.1) is 22.6 Å². The Kier molecular flexibility index (Phi) is 5.44. The lowest BCUT2D eigenvalue weighted by Crippen LogP contribution is -2.20. The molecule has 0 saturated carbocycles. The molecule has 0 aliphatic rings. The number of rotatable bonds is 4. The minimum Gasteiger partial charge on any atom is -0.506 e. The number of hydrogen-bond donors (Lipinski definition) is 2. The van der Waals surface area contributed by atoms with E-state index in [1.54, 1.807) is 62.4 Å². The molecule has 4 aromatic rings. The lowest BCUT2D eigenvalue weighted by molar-refractivity contribution is 0.102. The zero-order valence-corrected chi connectivity index (χ0v) is 18.5. The molecule has 1 aromatic heterocycles. The van der Waals surface area contributed by atoms with Crippen LogP contribution < -0.4 is 10.9 Å². The number of hydrogen-bond acceptors (Lipinski definition) is 5. The maximum absolute atomic E-state index is 13.0. The quantitative estimate of drug-likeness (QED) is 0.489. The van der Waals surface area contributed by atoms with E-state index in [0.29, 0.717) is 22.3 Å². The van der Waals surface area contributed by atoms with E-state index in [-0.39, 0.29) is 22.7 Å². The fourth-order valence-electron chi connectivity index (χ4n) is 3.57. The highest BCUT2D eigenvalue weighted by Crippen LogP contribution is 2.25. The van der Waals surface area contributed by atoms with E-state index in [1.165, 1.54) is 17.0 Å². The fourth-order valence-corrected chi connectivity index (χ4v) is 3.57. The van der Waals surface area contributed by atoms with Crippen molar-refractivity contribution in [1.29, 1.82) is 5.26 Å². The maximum Gasteiger partial charge on any atom is 0.265 e. The molecule has 7 heteroatoms. The molecular formula is C26H22N4O3. The minimum absolute atomic E-state index is 0.0590. The number of carbonyl (C=O) groups excluding carboxylic acids is 1. The summed E-state index contributed by atoms with van der Waals surface area (Å²) >= 11 is 0. The molecule has 4 rings (SSSR count). The van der Waals surface area contributed by atoms with Gasteiger partial charge in [0.2, 0.25) is 0 Å². The number of nitrogens with one attached hydrogen (secondary N) is 1. The molecule has 0 unspecified atom stereocenters. The van der Waals surface area contributed by atoms with Gasteiger partial charge in [-0.15, -0.1) is 0 Å². The summed E-state index contributed by atoms with van der Waals surface area (Å²) in [6.45, 7) is 5.45. The summed E-state index contributed by atoms with van der Waals surface area (Å²) in [5.41, 5.74) is 2.26. The van der Waals surface area contributed by atoms with Gasteiger partial charge in [-0.3, -0.25) is 14.2 Å². The molecule has 0 fully saturated rings. The summed E-state index contributed by atoms with van der Waals surface area (Å²) in [4.78, 5) is 30.2. The molecule has 3 aromatic carbocycles. The Hall–Kier alpha value is -4.44. The second kappa shape index (κ2) is 8.24. The first-order valence-electron chi connectivity index (χ1n) is 10.3. The van der Waals surface area contributed by atoms with E-state index in [2.05, 4.69) is 16.4 Å². The number of aromatic nitrogens is 2. The molecule has 1 heterocycles. The van der Waals surface area contributed by atoms with Gasteiger partial charge in [0.1, 0.15) is 17.6 Å². The first-order valence-corrected chi connectivity index (χ1v) is 10.3. The zero-order chi connectivity index (χ0) is 23.8. The van der Waals surface area contributed by atoms with Gasteiger partial charge in [0.25, 0.3) is 11.5 Å². The number of phenols is 1. The molecule has 164 valence electrons. The fraction of sp³-hybridized carbons (Fsp3) is 0.154. The largest absolute Gasteiger partial charge is 0.506 e. The number of aryl methyl sites for hydroxylation is 1. The van der Waals surface area contributed by atoms with Crippen LogP contribution in [0.15, 0.2) is 71.8 Å². The number of para-hydroxylation sites is 1. The number of fused-ring (bicyclic) bond motifs is 1. The second-order valence-corrected chi connectivity index (χ2v) is 8.37. The van der Waals surface area contributed by atoms with Crippen molar-refractivity contribution >= 4 is 22.5 Å². The Morgan fingerprint density at radius 3 is 2.64 bits per heavy atom. The number of nitriles is 1. The molecule has 0 atom stereocenters. The number of phenolic OH excluding ortho intramolecular Hbond substituents is 1. The Morgan fingerprint density at radius 2 is 1.88 bits per heavy atom. The van der Waals surface area contributed by atoms with Crippen LogP contribution in [0.4, 0.5) is 5.69 Å². The number of aromatic hydroxyl groups is 1. The Bertz CT molecular complexity index is 1500. The van der Waals surface area contributed by atoms with Crippen molar-refractivity contribution in [1.82, 2.24) is 9.55 Å². The molecule has 1 amide bonds. The zero-order valence-electron chi connectivity index (χ0n) is 18.5. The number of nitrogens with zero attached hydrogens (tertiary/aromatic N) is 3. The highest BCUT2D eigenvalue weighted by molar-refractivity contribution is 6.04. The highest BCUT2D eigenvalue weighted by atomic mass is 16.3. The molecule has 0 radical (unpaired) electrons. The average molecular weight is 438 g/mol. The van der Waals surface area contributed by atoms with Crippen molar-refractivity contribution in [2.24, 2.45) is 0 Å². The summed E-state index contributed by atoms with van der Waals surface area (Å²) in [6.07, 6.45) is 1.37. The van der Waals surface area contributed by atoms with Crippen LogP contribution >= 0.6 is 0 Å².